The van der Waals surface area contributed by atoms with Crippen LogP contribution in [0.2, 0.25) is 0 Å². The minimum atomic E-state index is -3.80. The molecule has 0 fully saturated rings. The van der Waals surface area contributed by atoms with E-state index >= 15 is 0 Å². The first-order chi connectivity index (χ1) is 12.9. The van der Waals surface area contributed by atoms with Crippen LogP contribution in [0, 0.1) is 0 Å². The summed E-state index contributed by atoms with van der Waals surface area (Å²) in [6.45, 7) is 6.37. The molecule has 2 aromatic carbocycles. The van der Waals surface area contributed by atoms with E-state index in [4.69, 9.17) is 4.74 Å². The number of aromatic nitrogens is 2. The van der Waals surface area contributed by atoms with E-state index in [1.807, 2.05) is 51.1 Å². The lowest BCUT2D eigenvalue weighted by Gasteiger charge is -2.09. The summed E-state index contributed by atoms with van der Waals surface area (Å²) < 4.78 is 35.8. The van der Waals surface area contributed by atoms with Crippen molar-refractivity contribution in [3.8, 4) is 17.0 Å². The molecule has 0 aliphatic rings. The van der Waals surface area contributed by atoms with Gasteiger partial charge >= 0.3 is 0 Å². The molecule has 0 saturated carbocycles. The Labute approximate surface area is 159 Å². The number of hydrogen-bond donors (Lipinski definition) is 1. The molecule has 0 bridgehead atoms. The molecule has 6 nitrogen and oxygen atoms in total. The molecule has 27 heavy (non-hydrogen) atoms. The molecule has 1 aromatic heterocycles. The van der Waals surface area contributed by atoms with Gasteiger partial charge in [0, 0.05) is 23.5 Å². The molecule has 0 atom stereocenters. The molecule has 7 heteroatoms. The topological polar surface area (TPSA) is 73.2 Å². The number of hydrogen-bond acceptors (Lipinski definition) is 4. The fraction of sp³-hybridized carbons (Fsp3) is 0.250. The molecule has 0 unspecified atom stereocenters. The Morgan fingerprint density at radius 2 is 1.74 bits per heavy atom. The molecule has 0 radical (unpaired) electrons. The van der Waals surface area contributed by atoms with Crippen molar-refractivity contribution < 1.29 is 13.2 Å². The number of sulfonamides is 1. The smallest absolute Gasteiger partial charge is 0.265 e. The number of benzene rings is 2. The number of nitrogens with one attached hydrogen (secondary N) is 1. The van der Waals surface area contributed by atoms with Gasteiger partial charge in [0.05, 0.1) is 6.61 Å². The van der Waals surface area contributed by atoms with Crippen molar-refractivity contribution in [2.75, 3.05) is 11.3 Å². The summed E-state index contributed by atoms with van der Waals surface area (Å²) in [6.07, 6.45) is 1.57. The fourth-order valence-electron chi connectivity index (χ4n) is 2.63. The van der Waals surface area contributed by atoms with Gasteiger partial charge in [-0.3, -0.25) is 9.40 Å². The Hall–Kier alpha value is -2.80. The Balaban J connectivity index is 1.98. The van der Waals surface area contributed by atoms with Crippen molar-refractivity contribution >= 4 is 15.7 Å². The number of nitrogens with zero attached hydrogens (tertiary/aromatic N) is 2. The summed E-state index contributed by atoms with van der Waals surface area (Å²) in [5, 5.41) is 4.50. The first-order valence-corrected chi connectivity index (χ1v) is 10.3. The van der Waals surface area contributed by atoms with Crippen LogP contribution in [0.1, 0.15) is 26.8 Å². The second-order valence-corrected chi connectivity index (χ2v) is 8.00. The predicted molar refractivity (Wildman–Crippen MR) is 106 cm³/mol. The first kappa shape index (κ1) is 19.0. The van der Waals surface area contributed by atoms with Crippen LogP contribution < -0.4 is 9.46 Å². The Kier molecular flexibility index (Phi) is 5.51. The number of rotatable bonds is 7. The molecule has 0 spiro atoms. The Morgan fingerprint density at radius 1 is 1.07 bits per heavy atom. The zero-order valence-electron chi connectivity index (χ0n) is 15.6. The van der Waals surface area contributed by atoms with Crippen molar-refractivity contribution in [3.63, 3.8) is 0 Å². The molecule has 0 saturated heterocycles. The van der Waals surface area contributed by atoms with Crippen LogP contribution in [0.25, 0.3) is 11.3 Å². The lowest BCUT2D eigenvalue weighted by Crippen LogP contribution is -2.13. The van der Waals surface area contributed by atoms with E-state index in [-0.39, 0.29) is 10.9 Å². The summed E-state index contributed by atoms with van der Waals surface area (Å²) in [4.78, 5) is 0.149. The highest BCUT2D eigenvalue weighted by atomic mass is 32.2. The van der Waals surface area contributed by atoms with Gasteiger partial charge in [-0.15, -0.1) is 0 Å². The van der Waals surface area contributed by atoms with Crippen molar-refractivity contribution in [3.05, 3.63) is 60.8 Å². The van der Waals surface area contributed by atoms with E-state index in [1.54, 1.807) is 35.1 Å². The van der Waals surface area contributed by atoms with Gasteiger partial charge < -0.3 is 4.74 Å². The third-order valence-electron chi connectivity index (χ3n) is 3.98. The van der Waals surface area contributed by atoms with Crippen LogP contribution in [0.4, 0.5) is 5.69 Å². The lowest BCUT2D eigenvalue weighted by molar-refractivity contribution is 0.340. The second kappa shape index (κ2) is 7.84. The van der Waals surface area contributed by atoms with E-state index in [0.717, 1.165) is 5.56 Å². The largest absolute Gasteiger partial charge is 0.494 e. The molecule has 0 aliphatic heterocycles. The van der Waals surface area contributed by atoms with Crippen LogP contribution in [0.3, 0.4) is 0 Å². The van der Waals surface area contributed by atoms with Crippen LogP contribution >= 0.6 is 0 Å². The average Bonchev–Trinajstić information content (AvgIpc) is 3.11. The van der Waals surface area contributed by atoms with E-state index in [9.17, 15) is 8.42 Å². The summed E-state index contributed by atoms with van der Waals surface area (Å²) in [7, 11) is -3.80. The van der Waals surface area contributed by atoms with Gasteiger partial charge in [-0.2, -0.15) is 5.10 Å². The highest BCUT2D eigenvalue weighted by Crippen LogP contribution is 2.29. The summed E-state index contributed by atoms with van der Waals surface area (Å²) in [5.74, 6) is 0.693. The van der Waals surface area contributed by atoms with Crippen LogP contribution in [-0.4, -0.2) is 24.8 Å². The zero-order valence-corrected chi connectivity index (χ0v) is 16.4. The molecule has 0 amide bonds. The molecule has 0 aliphatic carbocycles. The third-order valence-corrected chi connectivity index (χ3v) is 5.36. The van der Waals surface area contributed by atoms with E-state index in [1.165, 1.54) is 0 Å². The van der Waals surface area contributed by atoms with Gasteiger partial charge in [0.15, 0.2) is 0 Å². The number of ether oxygens (including phenoxy) is 1. The van der Waals surface area contributed by atoms with Gasteiger partial charge in [-0.1, -0.05) is 30.3 Å². The van der Waals surface area contributed by atoms with Crippen LogP contribution in [-0.2, 0) is 10.0 Å². The Bertz CT molecular complexity index is 995. The quantitative estimate of drug-likeness (QED) is 0.657. The van der Waals surface area contributed by atoms with E-state index < -0.39 is 10.0 Å². The second-order valence-electron chi connectivity index (χ2n) is 6.34. The average molecular weight is 385 g/mol. The van der Waals surface area contributed by atoms with Gasteiger partial charge in [0.2, 0.25) is 0 Å². The normalized spacial score (nSPS) is 11.6. The highest BCUT2D eigenvalue weighted by Gasteiger charge is 2.24. The Morgan fingerprint density at radius 3 is 2.33 bits per heavy atom. The first-order valence-electron chi connectivity index (χ1n) is 8.81. The van der Waals surface area contributed by atoms with Crippen molar-refractivity contribution in [2.24, 2.45) is 0 Å². The molecular formula is C20H23N3O3S. The highest BCUT2D eigenvalue weighted by molar-refractivity contribution is 7.92. The predicted octanol–water partition coefficient (Wildman–Crippen LogP) is 4.33. The minimum absolute atomic E-state index is 0.0434. The van der Waals surface area contributed by atoms with Crippen LogP contribution in [0.5, 0.6) is 5.75 Å². The van der Waals surface area contributed by atoms with Gasteiger partial charge in [0.25, 0.3) is 10.0 Å². The summed E-state index contributed by atoms with van der Waals surface area (Å²) in [6, 6.07) is 16.2. The molecule has 1 N–H and O–H groups in total. The minimum Gasteiger partial charge on any atom is -0.494 e. The SMILES string of the molecule is CCOc1ccc(NS(=O)(=O)c2cn(C(C)C)nc2-c2ccccc2)cc1. The molecule has 1 heterocycles. The fourth-order valence-corrected chi connectivity index (χ4v) is 3.84. The maximum Gasteiger partial charge on any atom is 0.265 e. The molecule has 3 rings (SSSR count). The molecule has 3 aromatic rings. The van der Waals surface area contributed by atoms with Crippen LogP contribution in [0.15, 0.2) is 65.7 Å². The lowest BCUT2D eigenvalue weighted by atomic mass is 10.2. The third kappa shape index (κ3) is 4.31. The molecule has 142 valence electrons. The van der Waals surface area contributed by atoms with E-state index in [2.05, 4.69) is 9.82 Å². The monoisotopic (exact) mass is 385 g/mol. The zero-order chi connectivity index (χ0) is 19.4. The van der Waals surface area contributed by atoms with Crippen molar-refractivity contribution in [2.45, 2.75) is 31.7 Å². The maximum atomic E-state index is 13.0. The van der Waals surface area contributed by atoms with E-state index in [0.29, 0.717) is 23.7 Å². The maximum absolute atomic E-state index is 13.0. The standard InChI is InChI=1S/C20H23N3O3S/c1-4-26-18-12-10-17(11-13-18)22-27(24,25)19-14-23(15(2)3)21-20(19)16-8-6-5-7-9-16/h5-15,22H,4H2,1-3H3. The van der Waals surface area contributed by atoms with Crippen molar-refractivity contribution in [1.29, 1.82) is 0 Å². The molecular weight excluding hydrogens is 362 g/mol. The summed E-state index contributed by atoms with van der Waals surface area (Å²) >= 11 is 0. The number of anilines is 1. The van der Waals surface area contributed by atoms with Gasteiger partial charge in [-0.25, -0.2) is 8.42 Å². The summed E-state index contributed by atoms with van der Waals surface area (Å²) in [5.41, 5.74) is 1.65. The van der Waals surface area contributed by atoms with Gasteiger partial charge in [-0.05, 0) is 45.0 Å². The van der Waals surface area contributed by atoms with Crippen molar-refractivity contribution in [1.82, 2.24) is 9.78 Å². The van der Waals surface area contributed by atoms with Gasteiger partial charge in [0.1, 0.15) is 16.3 Å².